The Hall–Kier alpha value is -1.58. The second-order valence-corrected chi connectivity index (χ2v) is 6.83. The van der Waals surface area contributed by atoms with Crippen LogP contribution in [-0.4, -0.2) is 4.57 Å². The lowest BCUT2D eigenvalue weighted by Gasteiger charge is -2.08. The smallest absolute Gasteiger partial charge is 0.0552 e. The minimum atomic E-state index is 1.08. The molecule has 0 radical (unpaired) electrons. The molecule has 0 aliphatic carbocycles. The predicted octanol–water partition coefficient (Wildman–Crippen LogP) is 6.31. The number of nitrogens with zero attached hydrogens (tertiary/aromatic N) is 1. The minimum Gasteiger partial charge on any atom is -0.309 e. The summed E-state index contributed by atoms with van der Waals surface area (Å²) in [5.74, 6) is 0. The zero-order valence-corrected chi connectivity index (χ0v) is 14.2. The summed E-state index contributed by atoms with van der Waals surface area (Å²) in [5, 5.41) is 2.55. The highest BCUT2D eigenvalue weighted by Crippen LogP contribution is 2.33. The zero-order chi connectivity index (χ0) is 14.4. The first kappa shape index (κ1) is 13.1. The lowest BCUT2D eigenvalue weighted by atomic mass is 10.2. The number of hydrogen-bond donors (Lipinski definition) is 0. The lowest BCUT2D eigenvalue weighted by Crippen LogP contribution is -1.93. The first-order chi connectivity index (χ1) is 10.2. The Balaban J connectivity index is 2.21. The van der Waals surface area contributed by atoms with Gasteiger partial charge in [-0.1, -0.05) is 62.2 Å². The van der Waals surface area contributed by atoms with Gasteiger partial charge in [-0.3, -0.25) is 0 Å². The van der Waals surface area contributed by atoms with E-state index in [0.29, 0.717) is 0 Å². The van der Waals surface area contributed by atoms with Crippen molar-refractivity contribution in [2.45, 2.75) is 0 Å². The molecule has 3 aromatic carbocycles. The highest BCUT2D eigenvalue weighted by atomic mass is 79.9. The average molecular weight is 401 g/mol. The molecule has 0 atom stereocenters. The molecule has 1 aromatic heterocycles. The van der Waals surface area contributed by atoms with Gasteiger partial charge in [-0.15, -0.1) is 0 Å². The summed E-state index contributed by atoms with van der Waals surface area (Å²) in [4.78, 5) is 0. The van der Waals surface area contributed by atoms with E-state index < -0.39 is 0 Å². The van der Waals surface area contributed by atoms with Crippen LogP contribution in [0.25, 0.3) is 27.5 Å². The number of para-hydroxylation sites is 1. The lowest BCUT2D eigenvalue weighted by molar-refractivity contribution is 1.18. The summed E-state index contributed by atoms with van der Waals surface area (Å²) in [5.41, 5.74) is 3.60. The fourth-order valence-electron chi connectivity index (χ4n) is 2.84. The molecule has 0 bridgehead atoms. The van der Waals surface area contributed by atoms with Crippen molar-refractivity contribution in [1.82, 2.24) is 4.57 Å². The standard InChI is InChI=1S/C18H11Br2N/c19-12-4-3-5-14(10-12)21-17-7-2-1-6-15(17)16-9-8-13(20)11-18(16)21/h1-11H. The van der Waals surface area contributed by atoms with E-state index in [4.69, 9.17) is 0 Å². The van der Waals surface area contributed by atoms with Crippen molar-refractivity contribution in [2.75, 3.05) is 0 Å². The second-order valence-electron chi connectivity index (χ2n) is 4.99. The van der Waals surface area contributed by atoms with Gasteiger partial charge < -0.3 is 4.57 Å². The van der Waals surface area contributed by atoms with Gasteiger partial charge in [-0.2, -0.15) is 0 Å². The maximum atomic E-state index is 3.59. The van der Waals surface area contributed by atoms with Crippen molar-refractivity contribution in [3.63, 3.8) is 0 Å². The summed E-state index contributed by atoms with van der Waals surface area (Å²) < 4.78 is 4.48. The van der Waals surface area contributed by atoms with Gasteiger partial charge >= 0.3 is 0 Å². The molecule has 21 heavy (non-hydrogen) atoms. The third-order valence-electron chi connectivity index (χ3n) is 3.70. The largest absolute Gasteiger partial charge is 0.309 e. The summed E-state index contributed by atoms with van der Waals surface area (Å²) >= 11 is 7.16. The van der Waals surface area contributed by atoms with E-state index in [1.165, 1.54) is 21.8 Å². The van der Waals surface area contributed by atoms with Gasteiger partial charge in [0.25, 0.3) is 0 Å². The Morgan fingerprint density at radius 1 is 0.619 bits per heavy atom. The first-order valence-electron chi connectivity index (χ1n) is 6.69. The van der Waals surface area contributed by atoms with Crippen molar-refractivity contribution >= 4 is 53.7 Å². The van der Waals surface area contributed by atoms with E-state index in [9.17, 15) is 0 Å². The summed E-state index contributed by atoms with van der Waals surface area (Å²) in [6, 6.07) is 23.4. The molecule has 0 saturated carbocycles. The fourth-order valence-corrected chi connectivity index (χ4v) is 3.57. The van der Waals surface area contributed by atoms with Crippen LogP contribution in [0.4, 0.5) is 0 Å². The molecule has 4 rings (SSSR count). The summed E-state index contributed by atoms with van der Waals surface area (Å²) in [7, 11) is 0. The Morgan fingerprint density at radius 2 is 1.38 bits per heavy atom. The number of aromatic nitrogens is 1. The van der Waals surface area contributed by atoms with Gasteiger partial charge in [0.15, 0.2) is 0 Å². The van der Waals surface area contributed by atoms with Crippen molar-refractivity contribution in [3.05, 3.63) is 75.7 Å². The van der Waals surface area contributed by atoms with Crippen LogP contribution in [0.2, 0.25) is 0 Å². The Morgan fingerprint density at radius 3 is 2.24 bits per heavy atom. The normalized spacial score (nSPS) is 11.3. The van der Waals surface area contributed by atoms with Gasteiger partial charge in [0, 0.05) is 25.4 Å². The van der Waals surface area contributed by atoms with Gasteiger partial charge in [-0.05, 0) is 36.4 Å². The average Bonchev–Trinajstić information content (AvgIpc) is 2.80. The molecule has 0 unspecified atom stereocenters. The molecule has 1 heterocycles. The highest BCUT2D eigenvalue weighted by molar-refractivity contribution is 9.10. The number of hydrogen-bond acceptors (Lipinski definition) is 0. The molecule has 0 N–H and O–H groups in total. The van der Waals surface area contributed by atoms with Crippen molar-refractivity contribution < 1.29 is 0 Å². The molecule has 0 amide bonds. The minimum absolute atomic E-state index is 1.08. The molecule has 0 saturated heterocycles. The SMILES string of the molecule is Brc1cccc(-n2c3ccccc3c3ccc(Br)cc32)c1. The molecule has 3 heteroatoms. The van der Waals surface area contributed by atoms with Crippen LogP contribution in [0.15, 0.2) is 75.7 Å². The number of rotatable bonds is 1. The number of fused-ring (bicyclic) bond motifs is 3. The Bertz CT molecular complexity index is 969. The van der Waals surface area contributed by atoms with E-state index >= 15 is 0 Å². The number of halogens is 2. The maximum absolute atomic E-state index is 3.59. The van der Waals surface area contributed by atoms with Crippen LogP contribution >= 0.6 is 31.9 Å². The second kappa shape index (κ2) is 5.00. The van der Waals surface area contributed by atoms with E-state index in [-0.39, 0.29) is 0 Å². The zero-order valence-electron chi connectivity index (χ0n) is 11.1. The molecule has 0 spiro atoms. The summed E-state index contributed by atoms with van der Waals surface area (Å²) in [6.45, 7) is 0. The molecule has 0 aliphatic rings. The Labute approximate surface area is 139 Å². The van der Waals surface area contributed by atoms with Gasteiger partial charge in [0.05, 0.1) is 11.0 Å². The van der Waals surface area contributed by atoms with Crippen LogP contribution in [0.3, 0.4) is 0 Å². The quantitative estimate of drug-likeness (QED) is 0.353. The molecular formula is C18H11Br2N. The monoisotopic (exact) mass is 399 g/mol. The van der Waals surface area contributed by atoms with E-state index in [0.717, 1.165) is 14.6 Å². The van der Waals surface area contributed by atoms with Crippen LogP contribution in [0.1, 0.15) is 0 Å². The van der Waals surface area contributed by atoms with Crippen LogP contribution in [-0.2, 0) is 0 Å². The van der Waals surface area contributed by atoms with Crippen LogP contribution in [0, 0.1) is 0 Å². The van der Waals surface area contributed by atoms with E-state index in [1.54, 1.807) is 0 Å². The molecular weight excluding hydrogens is 390 g/mol. The van der Waals surface area contributed by atoms with Gasteiger partial charge in [0.2, 0.25) is 0 Å². The molecule has 0 fully saturated rings. The third-order valence-corrected chi connectivity index (χ3v) is 4.69. The summed E-state index contributed by atoms with van der Waals surface area (Å²) in [6.07, 6.45) is 0. The molecule has 4 aromatic rings. The van der Waals surface area contributed by atoms with Gasteiger partial charge in [-0.25, -0.2) is 0 Å². The highest BCUT2D eigenvalue weighted by Gasteiger charge is 2.11. The molecule has 0 aliphatic heterocycles. The number of benzene rings is 3. The first-order valence-corrected chi connectivity index (χ1v) is 8.27. The van der Waals surface area contributed by atoms with Crippen molar-refractivity contribution in [2.24, 2.45) is 0 Å². The maximum Gasteiger partial charge on any atom is 0.0552 e. The fraction of sp³-hybridized carbons (Fsp3) is 0. The van der Waals surface area contributed by atoms with Crippen LogP contribution < -0.4 is 0 Å². The molecule has 1 nitrogen and oxygen atoms in total. The van der Waals surface area contributed by atoms with Crippen molar-refractivity contribution in [3.8, 4) is 5.69 Å². The van der Waals surface area contributed by atoms with Crippen molar-refractivity contribution in [1.29, 1.82) is 0 Å². The predicted molar refractivity (Wildman–Crippen MR) is 96.2 cm³/mol. The molecule has 102 valence electrons. The van der Waals surface area contributed by atoms with E-state index in [1.807, 2.05) is 6.07 Å². The van der Waals surface area contributed by atoms with Gasteiger partial charge in [0.1, 0.15) is 0 Å². The Kier molecular flexibility index (Phi) is 3.12. The third kappa shape index (κ3) is 2.12. The van der Waals surface area contributed by atoms with Crippen LogP contribution in [0.5, 0.6) is 0 Å². The van der Waals surface area contributed by atoms with E-state index in [2.05, 4.69) is 97.1 Å². The topological polar surface area (TPSA) is 4.93 Å².